The largest absolute Gasteiger partial charge is 0.395 e. The lowest BCUT2D eigenvalue weighted by atomic mass is 9.99. The van der Waals surface area contributed by atoms with Crippen LogP contribution in [0.15, 0.2) is 24.3 Å². The van der Waals surface area contributed by atoms with Gasteiger partial charge in [-0.1, -0.05) is 19.1 Å². The Labute approximate surface area is 126 Å². The Hall–Kier alpha value is -1.39. The molecule has 114 valence electrons. The summed E-state index contributed by atoms with van der Waals surface area (Å²) in [6, 6.07) is 8.50. The molecule has 1 aromatic heterocycles. The number of aliphatic hydroxyl groups excluding tert-OH is 1. The van der Waals surface area contributed by atoms with E-state index < -0.39 is 0 Å². The van der Waals surface area contributed by atoms with E-state index in [0.29, 0.717) is 12.6 Å². The first kappa shape index (κ1) is 14.5. The lowest BCUT2D eigenvalue weighted by Gasteiger charge is -2.35. The molecule has 2 atom stereocenters. The van der Waals surface area contributed by atoms with E-state index in [0.717, 1.165) is 35.9 Å². The molecule has 2 aromatic rings. The lowest BCUT2D eigenvalue weighted by Crippen LogP contribution is -2.37. The monoisotopic (exact) mass is 287 g/mol. The number of nitrogens with zero attached hydrogens (tertiary/aromatic N) is 3. The molecule has 4 nitrogen and oxygen atoms in total. The molecule has 1 aliphatic rings. The van der Waals surface area contributed by atoms with Crippen molar-refractivity contribution in [3.63, 3.8) is 0 Å². The van der Waals surface area contributed by atoms with Gasteiger partial charge in [0.1, 0.15) is 5.82 Å². The molecule has 3 rings (SSSR count). The van der Waals surface area contributed by atoms with Crippen LogP contribution in [0.5, 0.6) is 0 Å². The Bertz CT molecular complexity index is 607. The number of hydrogen-bond donors (Lipinski definition) is 1. The van der Waals surface area contributed by atoms with Gasteiger partial charge in [0.15, 0.2) is 0 Å². The Morgan fingerprint density at radius 3 is 2.95 bits per heavy atom. The maximum absolute atomic E-state index is 9.39. The van der Waals surface area contributed by atoms with E-state index in [4.69, 9.17) is 4.98 Å². The van der Waals surface area contributed by atoms with Crippen LogP contribution in [0.3, 0.4) is 0 Å². The zero-order valence-electron chi connectivity index (χ0n) is 13.0. The summed E-state index contributed by atoms with van der Waals surface area (Å²) in [6.07, 6.45) is 2.60. The van der Waals surface area contributed by atoms with Crippen LogP contribution in [-0.4, -0.2) is 39.3 Å². The fraction of sp³-hybridized carbons (Fsp3) is 0.588. The number of imidazole rings is 1. The number of fused-ring (bicyclic) bond motifs is 1. The first-order valence-electron chi connectivity index (χ1n) is 8.00. The zero-order chi connectivity index (χ0) is 14.8. The van der Waals surface area contributed by atoms with Crippen molar-refractivity contribution in [3.8, 4) is 0 Å². The molecule has 2 unspecified atom stereocenters. The Kier molecular flexibility index (Phi) is 4.27. The Morgan fingerprint density at radius 1 is 1.38 bits per heavy atom. The molecule has 0 radical (unpaired) electrons. The summed E-state index contributed by atoms with van der Waals surface area (Å²) in [5.41, 5.74) is 2.15. The SMILES string of the molecule is CC1CCCN(C(C)c2nc3ccccc3n2CCO)C1. The van der Waals surface area contributed by atoms with Crippen molar-refractivity contribution in [1.82, 2.24) is 14.5 Å². The smallest absolute Gasteiger partial charge is 0.127 e. The van der Waals surface area contributed by atoms with Gasteiger partial charge in [-0.05, 0) is 44.4 Å². The van der Waals surface area contributed by atoms with E-state index in [1.807, 2.05) is 12.1 Å². The molecule has 0 spiro atoms. The van der Waals surface area contributed by atoms with E-state index in [2.05, 4.69) is 35.4 Å². The van der Waals surface area contributed by atoms with Gasteiger partial charge >= 0.3 is 0 Å². The fourth-order valence-electron chi connectivity index (χ4n) is 3.49. The molecule has 0 aliphatic carbocycles. The normalized spacial score (nSPS) is 21.8. The van der Waals surface area contributed by atoms with Gasteiger partial charge in [0.2, 0.25) is 0 Å². The van der Waals surface area contributed by atoms with Gasteiger partial charge in [0.05, 0.1) is 23.7 Å². The van der Waals surface area contributed by atoms with Crippen LogP contribution in [0.1, 0.15) is 38.6 Å². The Morgan fingerprint density at radius 2 is 2.19 bits per heavy atom. The molecule has 4 heteroatoms. The molecule has 1 aromatic carbocycles. The third-order valence-electron chi connectivity index (χ3n) is 4.62. The van der Waals surface area contributed by atoms with Gasteiger partial charge in [0.25, 0.3) is 0 Å². The highest BCUT2D eigenvalue weighted by molar-refractivity contribution is 5.76. The highest BCUT2D eigenvalue weighted by Gasteiger charge is 2.25. The van der Waals surface area contributed by atoms with E-state index in [9.17, 15) is 5.11 Å². The molecule has 1 aliphatic heterocycles. The molecule has 2 heterocycles. The summed E-state index contributed by atoms with van der Waals surface area (Å²) < 4.78 is 2.18. The predicted octanol–water partition coefficient (Wildman–Crippen LogP) is 2.82. The van der Waals surface area contributed by atoms with E-state index in [1.165, 1.54) is 12.8 Å². The molecule has 1 saturated heterocycles. The number of hydrogen-bond acceptors (Lipinski definition) is 3. The van der Waals surface area contributed by atoms with Crippen LogP contribution >= 0.6 is 0 Å². The highest BCUT2D eigenvalue weighted by atomic mass is 16.3. The van der Waals surface area contributed by atoms with Gasteiger partial charge in [0, 0.05) is 13.1 Å². The molecule has 0 amide bonds. The second kappa shape index (κ2) is 6.16. The van der Waals surface area contributed by atoms with E-state index in [1.54, 1.807) is 0 Å². The maximum atomic E-state index is 9.39. The van der Waals surface area contributed by atoms with E-state index >= 15 is 0 Å². The van der Waals surface area contributed by atoms with Crippen LogP contribution in [0.2, 0.25) is 0 Å². The standard InChI is InChI=1S/C17H25N3O/c1-13-6-5-9-19(12-13)14(2)17-18-15-7-3-4-8-16(15)20(17)10-11-21/h3-4,7-8,13-14,21H,5-6,9-12H2,1-2H3. The number of aliphatic hydroxyl groups is 1. The number of likely N-dealkylation sites (tertiary alicyclic amines) is 1. The summed E-state index contributed by atoms with van der Waals surface area (Å²) in [7, 11) is 0. The van der Waals surface area contributed by atoms with E-state index in [-0.39, 0.29) is 6.61 Å². The summed E-state index contributed by atoms with van der Waals surface area (Å²) in [6.45, 7) is 7.63. The molecule has 1 fully saturated rings. The number of para-hydroxylation sites is 2. The van der Waals surface area contributed by atoms with Crippen molar-refractivity contribution in [2.75, 3.05) is 19.7 Å². The van der Waals surface area contributed by atoms with Crippen molar-refractivity contribution >= 4 is 11.0 Å². The van der Waals surface area contributed by atoms with Crippen LogP contribution in [0.4, 0.5) is 0 Å². The van der Waals surface area contributed by atoms with Crippen molar-refractivity contribution in [3.05, 3.63) is 30.1 Å². The third kappa shape index (κ3) is 2.83. The van der Waals surface area contributed by atoms with Crippen molar-refractivity contribution in [2.45, 2.75) is 39.3 Å². The molecule has 0 saturated carbocycles. The van der Waals surface area contributed by atoms with Gasteiger partial charge < -0.3 is 9.67 Å². The fourth-order valence-corrected chi connectivity index (χ4v) is 3.49. The second-order valence-electron chi connectivity index (χ2n) is 6.25. The zero-order valence-corrected chi connectivity index (χ0v) is 13.0. The van der Waals surface area contributed by atoms with Crippen LogP contribution < -0.4 is 0 Å². The van der Waals surface area contributed by atoms with Crippen LogP contribution in [0, 0.1) is 5.92 Å². The van der Waals surface area contributed by atoms with Crippen LogP contribution in [0.25, 0.3) is 11.0 Å². The van der Waals surface area contributed by atoms with Crippen molar-refractivity contribution in [1.29, 1.82) is 0 Å². The molecule has 21 heavy (non-hydrogen) atoms. The van der Waals surface area contributed by atoms with Gasteiger partial charge in [-0.25, -0.2) is 4.98 Å². The minimum absolute atomic E-state index is 0.149. The summed E-state index contributed by atoms with van der Waals surface area (Å²) in [5, 5.41) is 9.39. The average Bonchev–Trinajstić information content (AvgIpc) is 2.86. The number of aromatic nitrogens is 2. The molecule has 0 bridgehead atoms. The summed E-state index contributed by atoms with van der Waals surface area (Å²) >= 11 is 0. The lowest BCUT2D eigenvalue weighted by molar-refractivity contribution is 0.131. The Balaban J connectivity index is 1.96. The number of piperidine rings is 1. The van der Waals surface area contributed by atoms with Crippen molar-refractivity contribution < 1.29 is 5.11 Å². The average molecular weight is 287 g/mol. The first-order valence-corrected chi connectivity index (χ1v) is 8.00. The van der Waals surface area contributed by atoms with Crippen LogP contribution in [-0.2, 0) is 6.54 Å². The van der Waals surface area contributed by atoms with Gasteiger partial charge in [-0.3, -0.25) is 4.90 Å². The second-order valence-corrected chi connectivity index (χ2v) is 6.25. The minimum atomic E-state index is 0.149. The van der Waals surface area contributed by atoms with Gasteiger partial charge in [-0.2, -0.15) is 0 Å². The number of rotatable bonds is 4. The van der Waals surface area contributed by atoms with Gasteiger partial charge in [-0.15, -0.1) is 0 Å². The maximum Gasteiger partial charge on any atom is 0.127 e. The predicted molar refractivity (Wildman–Crippen MR) is 85.2 cm³/mol. The summed E-state index contributed by atoms with van der Waals surface area (Å²) in [4.78, 5) is 7.37. The highest BCUT2D eigenvalue weighted by Crippen LogP contribution is 2.28. The van der Waals surface area contributed by atoms with Crippen molar-refractivity contribution in [2.24, 2.45) is 5.92 Å². The number of benzene rings is 1. The third-order valence-corrected chi connectivity index (χ3v) is 4.62. The molecular formula is C17H25N3O. The molecular weight excluding hydrogens is 262 g/mol. The minimum Gasteiger partial charge on any atom is -0.395 e. The first-order chi connectivity index (χ1) is 10.2. The summed E-state index contributed by atoms with van der Waals surface area (Å²) in [5.74, 6) is 1.84. The quantitative estimate of drug-likeness (QED) is 0.940. The topological polar surface area (TPSA) is 41.3 Å². The molecule has 1 N–H and O–H groups in total.